The maximum atomic E-state index is 15.5. The Hall–Kier alpha value is -6.47. The van der Waals surface area contributed by atoms with Gasteiger partial charge in [-0.15, -0.1) is 0 Å². The molecule has 18 heteroatoms. The zero-order valence-electron chi connectivity index (χ0n) is 40.4. The number of amides is 1. The number of hydrogen-bond acceptors (Lipinski definition) is 17. The molecule has 3 aromatic carbocycles. The molecule has 1 aliphatic heterocycles. The minimum Gasteiger partial charge on any atom is -0.456 e. The highest BCUT2D eigenvalue weighted by atomic mass is 16.7. The lowest BCUT2D eigenvalue weighted by Gasteiger charge is -2.67. The van der Waals surface area contributed by atoms with Crippen LogP contribution in [0.4, 0.5) is 4.79 Å². The molecular weight excluding hydrogens is 911 g/mol. The van der Waals surface area contributed by atoms with Crippen LogP contribution in [-0.4, -0.2) is 125 Å². The van der Waals surface area contributed by atoms with Crippen molar-refractivity contribution in [1.82, 2.24) is 5.32 Å². The molecule has 3 aromatic rings. The van der Waals surface area contributed by atoms with Gasteiger partial charge in [-0.1, -0.05) is 80.6 Å². The lowest BCUT2D eigenvalue weighted by Crippen LogP contribution is -2.82. The fourth-order valence-electron chi connectivity index (χ4n) is 10.5. The Bertz CT molecular complexity index is 2450. The second-order valence-electron chi connectivity index (χ2n) is 18.5. The van der Waals surface area contributed by atoms with Gasteiger partial charge in [-0.25, -0.2) is 14.4 Å². The van der Waals surface area contributed by atoms with Crippen LogP contribution in [0.2, 0.25) is 0 Å². The average Bonchev–Trinajstić information content (AvgIpc) is 3.32. The van der Waals surface area contributed by atoms with E-state index < -0.39 is 119 Å². The number of esters is 4. The fourth-order valence-corrected chi connectivity index (χ4v) is 10.5. The number of nitrogens with one attached hydrogen (secondary N) is 1. The summed E-state index contributed by atoms with van der Waals surface area (Å²) in [7, 11) is 0. The van der Waals surface area contributed by atoms with Crippen LogP contribution < -0.4 is 5.32 Å². The smallest absolute Gasteiger partial charge is 0.456 e. The van der Waals surface area contributed by atoms with Gasteiger partial charge in [0, 0.05) is 37.7 Å². The third-order valence-corrected chi connectivity index (χ3v) is 14.0. The minimum absolute atomic E-state index is 0.00289. The highest BCUT2D eigenvalue weighted by Crippen LogP contribution is 2.64. The molecule has 0 aromatic heterocycles. The first kappa shape index (κ1) is 52.9. The van der Waals surface area contributed by atoms with Crippen molar-refractivity contribution in [3.8, 4) is 0 Å². The first-order valence-electron chi connectivity index (χ1n) is 23.1. The number of aliphatic hydroxyl groups excluding tert-OH is 2. The molecule has 1 amide bonds. The van der Waals surface area contributed by atoms with Crippen molar-refractivity contribution in [2.75, 3.05) is 19.8 Å². The van der Waals surface area contributed by atoms with E-state index in [4.69, 9.17) is 23.7 Å². The Morgan fingerprint density at radius 1 is 0.800 bits per heavy atom. The summed E-state index contributed by atoms with van der Waals surface area (Å²) in [5.41, 5.74) is -7.02. The van der Waals surface area contributed by atoms with Crippen molar-refractivity contribution in [3.63, 3.8) is 0 Å². The van der Waals surface area contributed by atoms with Crippen LogP contribution in [0.3, 0.4) is 0 Å². The minimum atomic E-state index is -2.39. The van der Waals surface area contributed by atoms with Crippen molar-refractivity contribution in [2.24, 2.45) is 16.7 Å². The average molecular weight is 972 g/mol. The number of rotatable bonds is 12. The molecule has 376 valence electrons. The molecule has 0 unspecified atom stereocenters. The van der Waals surface area contributed by atoms with Crippen LogP contribution in [0, 0.1) is 16.7 Å². The third kappa shape index (κ3) is 9.95. The first-order valence-corrected chi connectivity index (χ1v) is 23.1. The number of benzene rings is 3. The topological polar surface area (TPSA) is 257 Å². The number of carbonyl (C=O) groups is 7. The number of ether oxygens (including phenoxy) is 7. The van der Waals surface area contributed by atoms with Gasteiger partial charge in [0.15, 0.2) is 23.6 Å². The van der Waals surface area contributed by atoms with Gasteiger partial charge in [0.2, 0.25) is 0 Å². The molecule has 1 heterocycles. The Labute approximate surface area is 405 Å². The van der Waals surface area contributed by atoms with Crippen molar-refractivity contribution in [1.29, 1.82) is 0 Å². The largest absolute Gasteiger partial charge is 0.508 e. The molecule has 3 aliphatic carbocycles. The molecule has 11 atom stereocenters. The molecule has 2 bridgehead atoms. The predicted octanol–water partition coefficient (Wildman–Crippen LogP) is 4.92. The van der Waals surface area contributed by atoms with Crippen molar-refractivity contribution in [3.05, 3.63) is 119 Å². The number of ketones is 1. The Morgan fingerprint density at radius 2 is 1.36 bits per heavy atom. The molecule has 7 rings (SSSR count). The molecule has 18 nitrogen and oxygen atoms in total. The van der Waals surface area contributed by atoms with E-state index in [2.05, 4.69) is 14.8 Å². The summed E-state index contributed by atoms with van der Waals surface area (Å²) >= 11 is 0. The monoisotopic (exact) mass is 971 g/mol. The quantitative estimate of drug-likeness (QED) is 0.107. The summed E-state index contributed by atoms with van der Waals surface area (Å²) in [5, 5.41) is 40.2. The Morgan fingerprint density at radius 3 is 1.87 bits per heavy atom. The maximum absolute atomic E-state index is 15.5. The van der Waals surface area contributed by atoms with E-state index in [0.717, 1.165) is 13.8 Å². The molecule has 4 aliphatic rings. The second kappa shape index (κ2) is 21.3. The highest BCUT2D eigenvalue weighted by Gasteiger charge is 2.78. The molecule has 3 fully saturated rings. The van der Waals surface area contributed by atoms with E-state index in [1.165, 1.54) is 26.0 Å². The van der Waals surface area contributed by atoms with E-state index >= 15 is 4.79 Å². The number of hydrogen-bond donors (Lipinski definition) is 4. The molecule has 2 saturated carbocycles. The fraction of sp³-hybridized carbons (Fsp3) is 0.481. The van der Waals surface area contributed by atoms with Gasteiger partial charge in [0.05, 0.1) is 48.9 Å². The van der Waals surface area contributed by atoms with Gasteiger partial charge in [0.25, 0.3) is 5.91 Å². The van der Waals surface area contributed by atoms with Crippen molar-refractivity contribution < 1.29 is 82.0 Å². The maximum Gasteiger partial charge on any atom is 0.508 e. The molecule has 4 N–H and O–H groups in total. The summed E-state index contributed by atoms with van der Waals surface area (Å²) in [4.78, 5) is 93.7. The van der Waals surface area contributed by atoms with E-state index in [9.17, 15) is 44.1 Å². The van der Waals surface area contributed by atoms with Crippen LogP contribution in [0.25, 0.3) is 0 Å². The summed E-state index contributed by atoms with van der Waals surface area (Å²) in [5.74, 6) is -6.84. The van der Waals surface area contributed by atoms with Gasteiger partial charge in [0.1, 0.15) is 23.9 Å². The lowest BCUT2D eigenvalue weighted by molar-refractivity contribution is -0.346. The Kier molecular flexibility index (Phi) is 16.1. The summed E-state index contributed by atoms with van der Waals surface area (Å²) < 4.78 is 39.1. The number of fused-ring (bicyclic) bond motifs is 5. The van der Waals surface area contributed by atoms with E-state index in [-0.39, 0.29) is 35.3 Å². The van der Waals surface area contributed by atoms with Gasteiger partial charge >= 0.3 is 30.0 Å². The molecule has 1 saturated heterocycles. The second-order valence-corrected chi connectivity index (χ2v) is 18.5. The van der Waals surface area contributed by atoms with Crippen LogP contribution in [0.5, 0.6) is 0 Å². The van der Waals surface area contributed by atoms with Crippen molar-refractivity contribution in [2.45, 2.75) is 122 Å². The van der Waals surface area contributed by atoms with Crippen molar-refractivity contribution >= 4 is 41.7 Å². The third-order valence-electron chi connectivity index (χ3n) is 14.0. The van der Waals surface area contributed by atoms with Crippen LogP contribution in [0.15, 0.2) is 102 Å². The summed E-state index contributed by atoms with van der Waals surface area (Å²) in [6, 6.07) is 22.9. The Balaban J connectivity index is 0.000000923. The number of Topliss-reactive ketones (excluding diaryl/α,β-unsaturated/α-hetero) is 1. The highest BCUT2D eigenvalue weighted by molar-refractivity contribution is 5.96. The lowest BCUT2D eigenvalue weighted by atomic mass is 9.44. The molecule has 0 spiro atoms. The van der Waals surface area contributed by atoms with E-state index in [0.29, 0.717) is 18.8 Å². The van der Waals surface area contributed by atoms with Gasteiger partial charge in [-0.3, -0.25) is 19.2 Å². The van der Waals surface area contributed by atoms with Gasteiger partial charge in [-0.05, 0) is 68.7 Å². The van der Waals surface area contributed by atoms with Crippen LogP contribution in [-0.2, 0) is 52.3 Å². The van der Waals surface area contributed by atoms with Crippen LogP contribution in [0.1, 0.15) is 101 Å². The van der Waals surface area contributed by atoms with Gasteiger partial charge < -0.3 is 53.8 Å². The molecule has 0 radical (unpaired) electrons. The first-order chi connectivity index (χ1) is 33.1. The molecule has 70 heavy (non-hydrogen) atoms. The zero-order valence-corrected chi connectivity index (χ0v) is 40.4. The van der Waals surface area contributed by atoms with E-state index in [1.54, 1.807) is 107 Å². The standard InChI is InChI=1S/C47H51NO14.C5H10O3/c1-25-31(60-43(56)36(52)35(28-16-10-7-11-17-28)48-41(54)29-18-12-8-13-19-29)23-47(57)40(61-42(55)30-20-14-9-15-21-30)38-45(6,32(51)22-33-46(38,24-58-33)62-27(3)50)39(53)37(59-26(2)49)34(25)44(47,4)5;1-3-7-5(6)8-4-2/h7-21,31-33,35-38,40,51-52,57H,22-24H2,1-6H3,(H,48,54);3-4H2,1-2H3/t31-,32-,33+,35-,36+,37+,38-,40-,45+,46-,47+;/m0./s1. The number of carbonyl (C=O) groups excluding carboxylic acids is 7. The SMILES string of the molecule is CC(=O)O[C@H]1C(=O)[C@@]2(C)[C@H]([C@H](OC(=O)c3ccccc3)[C@]3(O)C[C@H](OC(=O)[C@H](O)[C@@H](NC(=O)c4ccccc4)c4ccccc4)C(C)=C1C3(C)C)[C@]1(OC(C)=O)CO[C@@H]1C[C@@H]2O.CCOC(=O)OCC. The van der Waals surface area contributed by atoms with Gasteiger partial charge in [-0.2, -0.15) is 0 Å². The normalized spacial score (nSPS) is 29.2. The summed E-state index contributed by atoms with van der Waals surface area (Å²) in [6.45, 7) is 12.2. The summed E-state index contributed by atoms with van der Waals surface area (Å²) in [6.07, 6.45) is -11.1. The zero-order chi connectivity index (χ0) is 51.3. The predicted molar refractivity (Wildman–Crippen MR) is 246 cm³/mol. The van der Waals surface area contributed by atoms with E-state index in [1.807, 2.05) is 0 Å². The van der Waals surface area contributed by atoms with Crippen LogP contribution >= 0.6 is 0 Å². The molecular formula is C52H61NO17. The number of aliphatic hydroxyl groups is 3.